The van der Waals surface area contributed by atoms with E-state index in [0.29, 0.717) is 11.4 Å². The van der Waals surface area contributed by atoms with Crippen molar-refractivity contribution in [1.82, 2.24) is 0 Å². The topological polar surface area (TPSA) is 20.2 Å². The smallest absolute Gasteiger partial charge is 0.114 e. The molecule has 1 aromatic carbocycles. The van der Waals surface area contributed by atoms with Gasteiger partial charge in [0.1, 0.15) is 6.10 Å². The predicted octanol–water partition coefficient (Wildman–Crippen LogP) is 2.46. The lowest BCUT2D eigenvalue weighted by molar-refractivity contribution is 0.228. The number of rotatable bonds is 1. The summed E-state index contributed by atoms with van der Waals surface area (Å²) in [4.78, 5) is 0. The molecular weight excluding hydrogens is 184 g/mol. The maximum atomic E-state index is 9.17. The van der Waals surface area contributed by atoms with Gasteiger partial charge in [-0.2, -0.15) is 0 Å². The molecule has 0 aliphatic rings. The summed E-state index contributed by atoms with van der Waals surface area (Å²) in [5, 5.41) is 9.87. The van der Waals surface area contributed by atoms with Gasteiger partial charge in [0, 0.05) is 10.6 Å². The summed E-state index contributed by atoms with van der Waals surface area (Å²) in [6.07, 6.45) is 0.122. The van der Waals surface area contributed by atoms with Crippen molar-refractivity contribution < 1.29 is 5.11 Å². The summed E-state index contributed by atoms with van der Waals surface area (Å²) in [6.45, 7) is 1.89. The number of aliphatic hydroxyl groups excluding tert-OH is 1. The molecule has 0 aliphatic heterocycles. The second-order valence-corrected chi connectivity index (χ2v) is 3.14. The van der Waals surface area contributed by atoms with Gasteiger partial charge in [0.15, 0.2) is 0 Å². The minimum Gasteiger partial charge on any atom is -0.380 e. The van der Waals surface area contributed by atoms with Gasteiger partial charge < -0.3 is 5.11 Å². The van der Waals surface area contributed by atoms with Gasteiger partial charge in [0.25, 0.3) is 0 Å². The van der Waals surface area contributed by atoms with Gasteiger partial charge in [-0.1, -0.05) is 30.4 Å². The minimum atomic E-state index is -0.532. The van der Waals surface area contributed by atoms with E-state index in [0.717, 1.165) is 5.56 Å². The van der Waals surface area contributed by atoms with Crippen molar-refractivity contribution in [2.24, 2.45) is 0 Å². The van der Waals surface area contributed by atoms with E-state index in [1.54, 1.807) is 12.1 Å². The van der Waals surface area contributed by atoms with Crippen LogP contribution in [0.25, 0.3) is 0 Å². The summed E-state index contributed by atoms with van der Waals surface area (Å²) < 4.78 is 0. The highest BCUT2D eigenvalue weighted by atomic mass is 35.5. The summed E-state index contributed by atoms with van der Waals surface area (Å²) in [5.41, 5.74) is 0.872. The minimum absolute atomic E-state index is 0.532. The van der Waals surface area contributed by atoms with Crippen molar-refractivity contribution >= 4 is 11.6 Å². The molecule has 68 valence electrons. The normalized spacial score (nSPS) is 11.6. The van der Waals surface area contributed by atoms with Crippen molar-refractivity contribution in [3.8, 4) is 11.8 Å². The van der Waals surface area contributed by atoms with E-state index < -0.39 is 6.10 Å². The SMILES string of the molecule is CCC(O)C#Cc1ccc(Cl)cc1. The van der Waals surface area contributed by atoms with Crippen molar-refractivity contribution in [3.63, 3.8) is 0 Å². The van der Waals surface area contributed by atoms with Gasteiger partial charge in [-0.25, -0.2) is 0 Å². The molecule has 1 aromatic rings. The first kappa shape index (κ1) is 10.1. The second kappa shape index (κ2) is 4.91. The first-order chi connectivity index (χ1) is 6.22. The number of hydrogen-bond acceptors (Lipinski definition) is 1. The van der Waals surface area contributed by atoms with E-state index in [9.17, 15) is 5.11 Å². The van der Waals surface area contributed by atoms with E-state index in [-0.39, 0.29) is 0 Å². The van der Waals surface area contributed by atoms with Crippen LogP contribution in [-0.4, -0.2) is 11.2 Å². The molecule has 0 bridgehead atoms. The third-order valence-electron chi connectivity index (χ3n) is 1.61. The quantitative estimate of drug-likeness (QED) is 0.681. The van der Waals surface area contributed by atoms with E-state index in [2.05, 4.69) is 11.8 Å². The average Bonchev–Trinajstić information content (AvgIpc) is 2.16. The van der Waals surface area contributed by atoms with Crippen LogP contribution in [0.1, 0.15) is 18.9 Å². The Morgan fingerprint density at radius 3 is 2.54 bits per heavy atom. The van der Waals surface area contributed by atoms with Crippen LogP contribution in [0.5, 0.6) is 0 Å². The highest BCUT2D eigenvalue weighted by Gasteiger charge is 1.92. The van der Waals surface area contributed by atoms with E-state index in [1.165, 1.54) is 0 Å². The second-order valence-electron chi connectivity index (χ2n) is 2.70. The zero-order chi connectivity index (χ0) is 9.68. The molecule has 1 nitrogen and oxygen atoms in total. The molecule has 0 heterocycles. The molecule has 0 saturated carbocycles. The molecule has 13 heavy (non-hydrogen) atoms. The van der Waals surface area contributed by atoms with E-state index in [1.807, 2.05) is 19.1 Å². The fraction of sp³-hybridized carbons (Fsp3) is 0.273. The third-order valence-corrected chi connectivity index (χ3v) is 1.87. The summed E-state index contributed by atoms with van der Waals surface area (Å²) in [6, 6.07) is 7.23. The third kappa shape index (κ3) is 3.50. The zero-order valence-corrected chi connectivity index (χ0v) is 8.17. The summed E-state index contributed by atoms with van der Waals surface area (Å²) in [7, 11) is 0. The van der Waals surface area contributed by atoms with E-state index in [4.69, 9.17) is 11.6 Å². The van der Waals surface area contributed by atoms with E-state index >= 15 is 0 Å². The predicted molar refractivity (Wildman–Crippen MR) is 54.6 cm³/mol. The Morgan fingerprint density at radius 1 is 1.38 bits per heavy atom. The van der Waals surface area contributed by atoms with Gasteiger partial charge in [-0.3, -0.25) is 0 Å². The molecule has 1 atom stereocenters. The van der Waals surface area contributed by atoms with Crippen molar-refractivity contribution in [2.75, 3.05) is 0 Å². The molecular formula is C11H11ClO. The van der Waals surface area contributed by atoms with Crippen molar-refractivity contribution in [3.05, 3.63) is 34.9 Å². The van der Waals surface area contributed by atoms with Crippen LogP contribution < -0.4 is 0 Å². The molecule has 0 aromatic heterocycles. The Kier molecular flexibility index (Phi) is 3.82. The highest BCUT2D eigenvalue weighted by molar-refractivity contribution is 6.30. The van der Waals surface area contributed by atoms with Crippen LogP contribution in [0, 0.1) is 11.8 Å². The standard InChI is InChI=1S/C11H11ClO/c1-2-11(13)8-5-9-3-6-10(12)7-4-9/h3-4,6-7,11,13H,2H2,1H3. The van der Waals surface area contributed by atoms with Gasteiger partial charge >= 0.3 is 0 Å². The largest absolute Gasteiger partial charge is 0.380 e. The first-order valence-corrected chi connectivity index (χ1v) is 4.55. The molecule has 1 rings (SSSR count). The van der Waals surface area contributed by atoms with Crippen LogP contribution in [-0.2, 0) is 0 Å². The van der Waals surface area contributed by atoms with Gasteiger partial charge in [0.2, 0.25) is 0 Å². The number of halogens is 1. The molecule has 0 amide bonds. The van der Waals surface area contributed by atoms with Crippen LogP contribution >= 0.6 is 11.6 Å². The number of benzene rings is 1. The summed E-state index contributed by atoms with van der Waals surface area (Å²) >= 11 is 5.70. The lowest BCUT2D eigenvalue weighted by Crippen LogP contribution is -1.98. The highest BCUT2D eigenvalue weighted by Crippen LogP contribution is 2.08. The molecule has 0 radical (unpaired) electrons. The molecule has 0 fully saturated rings. The average molecular weight is 195 g/mol. The van der Waals surface area contributed by atoms with Crippen LogP contribution in [0.3, 0.4) is 0 Å². The lowest BCUT2D eigenvalue weighted by Gasteiger charge is -1.94. The monoisotopic (exact) mass is 194 g/mol. The molecule has 1 unspecified atom stereocenters. The van der Waals surface area contributed by atoms with Crippen LogP contribution in [0.4, 0.5) is 0 Å². The Morgan fingerprint density at radius 2 is 2.00 bits per heavy atom. The molecule has 1 N–H and O–H groups in total. The maximum absolute atomic E-state index is 9.17. The maximum Gasteiger partial charge on any atom is 0.114 e. The summed E-state index contributed by atoms with van der Waals surface area (Å²) in [5.74, 6) is 5.59. The Hall–Kier alpha value is -0.970. The van der Waals surface area contributed by atoms with Gasteiger partial charge in [-0.05, 0) is 30.7 Å². The van der Waals surface area contributed by atoms with Crippen LogP contribution in [0.2, 0.25) is 5.02 Å². The zero-order valence-electron chi connectivity index (χ0n) is 7.42. The van der Waals surface area contributed by atoms with Gasteiger partial charge in [0.05, 0.1) is 0 Å². The number of hydrogen-bond donors (Lipinski definition) is 1. The molecule has 0 saturated heterocycles. The van der Waals surface area contributed by atoms with Crippen molar-refractivity contribution in [2.45, 2.75) is 19.4 Å². The first-order valence-electron chi connectivity index (χ1n) is 4.17. The number of aliphatic hydroxyl groups is 1. The van der Waals surface area contributed by atoms with Gasteiger partial charge in [-0.15, -0.1) is 0 Å². The molecule has 2 heteroatoms. The van der Waals surface area contributed by atoms with Crippen LogP contribution in [0.15, 0.2) is 24.3 Å². The Balaban J connectivity index is 2.72. The fourth-order valence-corrected chi connectivity index (χ4v) is 0.928. The fourth-order valence-electron chi connectivity index (χ4n) is 0.802. The Bertz CT molecular complexity index is 318. The molecule has 0 spiro atoms. The Labute approximate surface area is 83.4 Å². The van der Waals surface area contributed by atoms with Crippen molar-refractivity contribution in [1.29, 1.82) is 0 Å². The molecule has 0 aliphatic carbocycles. The lowest BCUT2D eigenvalue weighted by atomic mass is 10.2.